The van der Waals surface area contributed by atoms with Gasteiger partial charge in [-0.25, -0.2) is 14.2 Å². The molecule has 0 saturated heterocycles. The summed E-state index contributed by atoms with van der Waals surface area (Å²) >= 11 is 0. The molecule has 4 aromatic rings. The zero-order valence-electron chi connectivity index (χ0n) is 38.3. The number of rotatable bonds is 25. The van der Waals surface area contributed by atoms with Gasteiger partial charge in [-0.1, -0.05) is 37.3 Å². The van der Waals surface area contributed by atoms with Gasteiger partial charge in [0, 0.05) is 54.2 Å². The highest BCUT2D eigenvalue weighted by Crippen LogP contribution is 2.39. The first-order valence-corrected chi connectivity index (χ1v) is 22.7. The number of pyridine rings is 2. The van der Waals surface area contributed by atoms with Gasteiger partial charge in [-0.3, -0.25) is 38.5 Å². The lowest BCUT2D eigenvalue weighted by Crippen LogP contribution is -2.49. The van der Waals surface area contributed by atoms with Gasteiger partial charge >= 0.3 is 5.97 Å². The standard InChI is InChI=1S/C48H53FN8O13/c1-2-48(66)33-23-38-44-31(27-57(38)46(64)32(33)28-70-47(48)65)21-30-22-36(34(49)24-35(30)55-44)54-41(60)26-53-45(63)37(20-29-6-4-3-5-7-29)50-11-12-51-40(59)25-52-39(58)10-14-67-16-18-69-19-17-68-15-13-56-42(61)8-9-43(56)62/h3-9,21-24,37,50,66H,2,10-20,25-28H2,1H3,(H,51,59)(H,52,58)(H,53,63)(H,54,60)/t37-,48-/m0/s1. The molecule has 7 rings (SSSR count). The van der Waals surface area contributed by atoms with E-state index < -0.39 is 59.2 Å². The third-order valence-electron chi connectivity index (χ3n) is 11.8. The van der Waals surface area contributed by atoms with Crippen LogP contribution in [-0.4, -0.2) is 139 Å². The first kappa shape index (κ1) is 50.6. The van der Waals surface area contributed by atoms with Crippen molar-refractivity contribution in [3.63, 3.8) is 0 Å². The van der Waals surface area contributed by atoms with E-state index in [0.29, 0.717) is 22.3 Å². The highest BCUT2D eigenvalue weighted by atomic mass is 19.1. The molecule has 6 amide bonds. The topological polar surface area (TPSA) is 275 Å². The number of anilines is 1. The maximum atomic E-state index is 15.5. The lowest BCUT2D eigenvalue weighted by Gasteiger charge is -2.31. The molecule has 0 spiro atoms. The number of esters is 1. The molecular formula is C48H53FN8O13. The van der Waals surface area contributed by atoms with E-state index in [-0.39, 0.29) is 132 Å². The Morgan fingerprint density at radius 3 is 2.27 bits per heavy atom. The van der Waals surface area contributed by atoms with Gasteiger partial charge in [0.15, 0.2) is 5.60 Å². The predicted molar refractivity (Wildman–Crippen MR) is 247 cm³/mol. The molecular weight excluding hydrogens is 916 g/mol. The predicted octanol–water partition coefficient (Wildman–Crippen LogP) is 0.0716. The smallest absolute Gasteiger partial charge is 0.343 e. The Morgan fingerprint density at radius 2 is 1.54 bits per heavy atom. The third kappa shape index (κ3) is 12.3. The van der Waals surface area contributed by atoms with Crippen molar-refractivity contribution in [1.82, 2.24) is 35.7 Å². The highest BCUT2D eigenvalue weighted by molar-refractivity contribution is 6.12. The summed E-state index contributed by atoms with van der Waals surface area (Å²) in [5, 5.41) is 25.0. The summed E-state index contributed by atoms with van der Waals surface area (Å²) in [6.45, 7) is 2.44. The molecule has 6 N–H and O–H groups in total. The molecule has 22 heteroatoms. The van der Waals surface area contributed by atoms with Gasteiger partial charge in [-0.15, -0.1) is 0 Å². The molecule has 0 aliphatic carbocycles. The van der Waals surface area contributed by atoms with Crippen molar-refractivity contribution in [2.24, 2.45) is 0 Å². The van der Waals surface area contributed by atoms with Gasteiger partial charge in [0.05, 0.1) is 100 Å². The Bertz CT molecular complexity index is 2730. The Morgan fingerprint density at radius 1 is 0.843 bits per heavy atom. The van der Waals surface area contributed by atoms with Gasteiger partial charge in [0.25, 0.3) is 17.4 Å². The highest BCUT2D eigenvalue weighted by Gasteiger charge is 2.45. The minimum Gasteiger partial charge on any atom is -0.458 e. The number of halogens is 1. The molecule has 5 heterocycles. The van der Waals surface area contributed by atoms with E-state index in [1.165, 1.54) is 22.8 Å². The molecule has 370 valence electrons. The van der Waals surface area contributed by atoms with Crippen LogP contribution in [0.15, 0.2) is 71.5 Å². The number of fused-ring (bicyclic) bond motifs is 5. The molecule has 2 atom stereocenters. The molecule has 0 bridgehead atoms. The van der Waals surface area contributed by atoms with Crippen LogP contribution in [0.4, 0.5) is 10.1 Å². The molecule has 0 radical (unpaired) electrons. The fraction of sp³-hybridized carbons (Fsp3) is 0.396. The quantitative estimate of drug-likeness (QED) is 0.0257. The number of nitrogens with one attached hydrogen (secondary N) is 5. The van der Waals surface area contributed by atoms with Crippen LogP contribution < -0.4 is 32.1 Å². The van der Waals surface area contributed by atoms with Crippen LogP contribution in [0.25, 0.3) is 22.3 Å². The number of cyclic esters (lactones) is 1. The lowest BCUT2D eigenvalue weighted by molar-refractivity contribution is -0.172. The number of ether oxygens (including phenoxy) is 4. The van der Waals surface area contributed by atoms with Crippen molar-refractivity contribution < 1.29 is 62.0 Å². The summed E-state index contributed by atoms with van der Waals surface area (Å²) in [4.78, 5) is 106. The van der Waals surface area contributed by atoms with E-state index in [0.717, 1.165) is 16.5 Å². The minimum absolute atomic E-state index is 0.0159. The molecule has 2 aromatic carbocycles. The van der Waals surface area contributed by atoms with Crippen molar-refractivity contribution in [2.45, 2.75) is 51.0 Å². The number of imide groups is 1. The Hall–Kier alpha value is -7.24. The van der Waals surface area contributed by atoms with E-state index in [4.69, 9.17) is 18.9 Å². The van der Waals surface area contributed by atoms with Gasteiger partial charge < -0.3 is 55.2 Å². The van der Waals surface area contributed by atoms with Crippen molar-refractivity contribution in [2.75, 3.05) is 77.7 Å². The molecule has 0 unspecified atom stereocenters. The minimum atomic E-state index is -2.00. The number of amides is 6. The van der Waals surface area contributed by atoms with Crippen LogP contribution in [0.1, 0.15) is 42.0 Å². The first-order valence-electron chi connectivity index (χ1n) is 22.7. The molecule has 3 aliphatic heterocycles. The van der Waals surface area contributed by atoms with E-state index in [9.17, 15) is 43.5 Å². The monoisotopic (exact) mass is 968 g/mol. The summed E-state index contributed by atoms with van der Waals surface area (Å²) in [6.07, 6.45) is 2.66. The van der Waals surface area contributed by atoms with E-state index >= 15 is 4.39 Å². The third-order valence-corrected chi connectivity index (χ3v) is 11.8. The SMILES string of the molecule is CC[C@@]1(O)C(=O)OCc2c1cc1n(c2=O)Cc2cc3cc(NC(=O)CNC(=O)[C@H](Cc4ccccc4)NCCNC(=O)CNC(=O)CCOCCOCCOCCN4C(=O)C=CC4=O)c(F)cc3nc2-1. The van der Waals surface area contributed by atoms with Crippen LogP contribution in [0.2, 0.25) is 0 Å². The fourth-order valence-corrected chi connectivity index (χ4v) is 7.99. The molecule has 2 aromatic heterocycles. The average Bonchev–Trinajstić information content (AvgIpc) is 3.88. The average molecular weight is 969 g/mol. The van der Waals surface area contributed by atoms with Crippen LogP contribution in [0.3, 0.4) is 0 Å². The van der Waals surface area contributed by atoms with Gasteiger partial charge in [0.1, 0.15) is 12.4 Å². The van der Waals surface area contributed by atoms with E-state index in [2.05, 4.69) is 31.6 Å². The number of hydrogen-bond donors (Lipinski definition) is 6. The second kappa shape index (κ2) is 23.4. The van der Waals surface area contributed by atoms with Crippen LogP contribution in [0, 0.1) is 5.82 Å². The van der Waals surface area contributed by atoms with Crippen LogP contribution >= 0.6 is 0 Å². The molecule has 70 heavy (non-hydrogen) atoms. The van der Waals surface area contributed by atoms with Gasteiger partial charge in [0.2, 0.25) is 23.6 Å². The number of hydrogen-bond acceptors (Lipinski definition) is 15. The van der Waals surface area contributed by atoms with E-state index in [1.54, 1.807) is 19.1 Å². The molecule has 21 nitrogen and oxygen atoms in total. The summed E-state index contributed by atoms with van der Waals surface area (Å²) in [5.41, 5.74) is 0.170. The normalized spacial score (nSPS) is 16.1. The number of aromatic nitrogens is 2. The van der Waals surface area contributed by atoms with Gasteiger partial charge in [-0.2, -0.15) is 0 Å². The maximum Gasteiger partial charge on any atom is 0.343 e. The maximum absolute atomic E-state index is 15.5. The Kier molecular flexibility index (Phi) is 16.9. The number of carbonyl (C=O) groups excluding carboxylic acids is 7. The largest absolute Gasteiger partial charge is 0.458 e. The summed E-state index contributed by atoms with van der Waals surface area (Å²) in [5.74, 6) is -4.46. The second-order valence-corrected chi connectivity index (χ2v) is 16.5. The summed E-state index contributed by atoms with van der Waals surface area (Å²) in [7, 11) is 0. The Labute approximate surface area is 400 Å². The zero-order valence-corrected chi connectivity index (χ0v) is 38.3. The molecule has 3 aliphatic rings. The van der Waals surface area contributed by atoms with Gasteiger partial charge in [-0.05, 0) is 36.6 Å². The summed E-state index contributed by atoms with van der Waals surface area (Å²) in [6, 6.07) is 14.1. The fourth-order valence-electron chi connectivity index (χ4n) is 7.99. The molecule has 0 saturated carbocycles. The lowest BCUT2D eigenvalue weighted by atomic mass is 9.86. The number of benzene rings is 2. The van der Waals surface area contributed by atoms with Crippen molar-refractivity contribution in [3.05, 3.63) is 105 Å². The van der Waals surface area contributed by atoms with Crippen molar-refractivity contribution >= 4 is 58.0 Å². The second-order valence-electron chi connectivity index (χ2n) is 16.5. The van der Waals surface area contributed by atoms with E-state index in [1.807, 2.05) is 30.3 Å². The Balaban J connectivity index is 0.815. The van der Waals surface area contributed by atoms with Crippen molar-refractivity contribution in [1.29, 1.82) is 0 Å². The van der Waals surface area contributed by atoms with Crippen LogP contribution in [0.5, 0.6) is 0 Å². The zero-order chi connectivity index (χ0) is 49.8. The number of aliphatic hydroxyl groups is 1. The number of carbonyl (C=O) groups is 7. The van der Waals surface area contributed by atoms with Crippen molar-refractivity contribution in [3.8, 4) is 11.4 Å². The molecule has 0 fully saturated rings. The summed E-state index contributed by atoms with van der Waals surface area (Å²) < 4.78 is 38.2. The van der Waals surface area contributed by atoms with Crippen LogP contribution in [-0.2, 0) is 77.7 Å². The first-order chi connectivity index (χ1) is 33.7. The number of nitrogens with zero attached hydrogens (tertiary/aromatic N) is 3.